The first-order valence-corrected chi connectivity index (χ1v) is 8.03. The number of rotatable bonds is 5. The van der Waals surface area contributed by atoms with Gasteiger partial charge in [0.05, 0.1) is 11.4 Å². The van der Waals surface area contributed by atoms with Crippen LogP contribution in [0.2, 0.25) is 0 Å². The van der Waals surface area contributed by atoms with Crippen molar-refractivity contribution in [3.05, 3.63) is 33.3 Å². The molecule has 0 spiro atoms. The molecule has 0 saturated carbocycles. The fraction of sp³-hybridized carbons (Fsp3) is 0.364. The minimum absolute atomic E-state index is 0.0820. The zero-order valence-corrected chi connectivity index (χ0v) is 12.4. The van der Waals surface area contributed by atoms with Crippen molar-refractivity contribution in [3.8, 4) is 0 Å². The third-order valence-corrected chi connectivity index (χ3v) is 5.26. The molecule has 0 aromatic carbocycles. The summed E-state index contributed by atoms with van der Waals surface area (Å²) in [6.07, 6.45) is 0. The van der Waals surface area contributed by atoms with Crippen molar-refractivity contribution in [2.24, 2.45) is 5.73 Å². The largest absolute Gasteiger partial charge is 0.325 e. The van der Waals surface area contributed by atoms with Crippen LogP contribution in [0.25, 0.3) is 0 Å². The molecule has 4 N–H and O–H groups in total. The monoisotopic (exact) mass is 300 g/mol. The molecular formula is C11H16N4O2S2. The van der Waals surface area contributed by atoms with E-state index in [0.29, 0.717) is 11.4 Å². The lowest BCUT2D eigenvalue weighted by Gasteiger charge is -2.06. The highest BCUT2D eigenvalue weighted by Gasteiger charge is 2.23. The Hall–Kier alpha value is -1.22. The Morgan fingerprint density at radius 3 is 2.74 bits per heavy atom. The van der Waals surface area contributed by atoms with Crippen LogP contribution in [-0.2, 0) is 23.1 Å². The summed E-state index contributed by atoms with van der Waals surface area (Å²) in [4.78, 5) is 2.27. The molecule has 2 heterocycles. The van der Waals surface area contributed by atoms with Gasteiger partial charge in [-0.25, -0.2) is 13.1 Å². The van der Waals surface area contributed by atoms with Crippen molar-refractivity contribution < 1.29 is 8.42 Å². The number of aryl methyl sites for hydroxylation is 2. The summed E-state index contributed by atoms with van der Waals surface area (Å²) in [5.41, 5.74) is 6.35. The number of hydrogen-bond donors (Lipinski definition) is 3. The number of H-pyrrole nitrogens is 1. The second kappa shape index (κ2) is 5.41. The third kappa shape index (κ3) is 3.03. The van der Waals surface area contributed by atoms with E-state index in [9.17, 15) is 8.42 Å². The predicted molar refractivity (Wildman–Crippen MR) is 74.3 cm³/mol. The molecule has 0 radical (unpaired) electrons. The molecule has 6 nitrogen and oxygen atoms in total. The molecule has 8 heteroatoms. The minimum atomic E-state index is -3.60. The SMILES string of the molecule is Cc1ccc(CNS(=O)(=O)c2c(CN)n[nH]c2C)s1. The predicted octanol–water partition coefficient (Wildman–Crippen LogP) is 1.03. The molecule has 0 saturated heterocycles. The van der Waals surface area contributed by atoms with Crippen molar-refractivity contribution >= 4 is 21.4 Å². The highest BCUT2D eigenvalue weighted by Crippen LogP contribution is 2.19. The van der Waals surface area contributed by atoms with Gasteiger partial charge in [-0.2, -0.15) is 5.10 Å². The number of nitrogens with one attached hydrogen (secondary N) is 2. The summed E-state index contributed by atoms with van der Waals surface area (Å²) in [5.74, 6) is 0. The first-order valence-electron chi connectivity index (χ1n) is 5.73. The van der Waals surface area contributed by atoms with Crippen LogP contribution in [0.1, 0.15) is 21.1 Å². The van der Waals surface area contributed by atoms with Gasteiger partial charge in [0.2, 0.25) is 10.0 Å². The molecule has 0 bridgehead atoms. The average molecular weight is 300 g/mol. The molecule has 2 rings (SSSR count). The molecule has 0 aliphatic rings. The van der Waals surface area contributed by atoms with Crippen LogP contribution in [0, 0.1) is 13.8 Å². The van der Waals surface area contributed by atoms with Crippen LogP contribution >= 0.6 is 11.3 Å². The first-order chi connectivity index (χ1) is 8.94. The van der Waals surface area contributed by atoms with E-state index in [1.165, 1.54) is 0 Å². The van der Waals surface area contributed by atoms with Gasteiger partial charge in [0.1, 0.15) is 4.90 Å². The maximum atomic E-state index is 12.3. The van der Waals surface area contributed by atoms with Crippen molar-refractivity contribution in [2.75, 3.05) is 0 Å². The molecule has 2 aromatic rings. The number of nitrogens with zero attached hydrogens (tertiary/aromatic N) is 1. The van der Waals surface area contributed by atoms with E-state index in [1.807, 2.05) is 19.1 Å². The highest BCUT2D eigenvalue weighted by atomic mass is 32.2. The lowest BCUT2D eigenvalue weighted by atomic mass is 10.4. The van der Waals surface area contributed by atoms with E-state index in [4.69, 9.17) is 5.73 Å². The van der Waals surface area contributed by atoms with Gasteiger partial charge in [0, 0.05) is 22.8 Å². The Balaban J connectivity index is 2.20. The van der Waals surface area contributed by atoms with Crippen LogP contribution in [0.3, 0.4) is 0 Å². The molecule has 19 heavy (non-hydrogen) atoms. The first kappa shape index (κ1) is 14.2. The second-order valence-corrected chi connectivity index (χ2v) is 7.24. The van der Waals surface area contributed by atoms with Crippen LogP contribution in [0.4, 0.5) is 0 Å². The molecule has 0 amide bonds. The summed E-state index contributed by atoms with van der Waals surface area (Å²) in [7, 11) is -3.60. The standard InChI is InChI=1S/C11H16N4O2S2/c1-7-3-4-9(18-7)6-13-19(16,17)11-8(2)14-15-10(11)5-12/h3-4,13H,5-6,12H2,1-2H3,(H,14,15). The van der Waals surface area contributed by atoms with Crippen LogP contribution in [0.15, 0.2) is 17.0 Å². The number of sulfonamides is 1. The van der Waals surface area contributed by atoms with Gasteiger partial charge in [-0.15, -0.1) is 11.3 Å². The number of aromatic nitrogens is 2. The maximum absolute atomic E-state index is 12.3. The van der Waals surface area contributed by atoms with E-state index in [1.54, 1.807) is 18.3 Å². The Labute approximate surface area is 116 Å². The van der Waals surface area contributed by atoms with Crippen LogP contribution in [-0.4, -0.2) is 18.6 Å². The molecule has 0 unspecified atom stereocenters. The van der Waals surface area contributed by atoms with Gasteiger partial charge in [0.15, 0.2) is 0 Å². The summed E-state index contributed by atoms with van der Waals surface area (Å²) in [5, 5.41) is 6.54. The molecule has 104 valence electrons. The smallest absolute Gasteiger partial charge is 0.244 e. The number of hydrogen-bond acceptors (Lipinski definition) is 5. The lowest BCUT2D eigenvalue weighted by molar-refractivity contribution is 0.580. The van der Waals surface area contributed by atoms with Crippen molar-refractivity contribution in [1.29, 1.82) is 0 Å². The van der Waals surface area contributed by atoms with Crippen molar-refractivity contribution in [2.45, 2.75) is 31.8 Å². The van der Waals surface area contributed by atoms with Gasteiger partial charge in [0.25, 0.3) is 0 Å². The summed E-state index contributed by atoms with van der Waals surface area (Å²) >= 11 is 1.56. The van der Waals surface area contributed by atoms with E-state index in [-0.39, 0.29) is 18.0 Å². The van der Waals surface area contributed by atoms with Crippen molar-refractivity contribution in [3.63, 3.8) is 0 Å². The fourth-order valence-electron chi connectivity index (χ4n) is 1.78. The van der Waals surface area contributed by atoms with Gasteiger partial charge in [-0.05, 0) is 26.0 Å². The van der Waals surface area contributed by atoms with E-state index in [0.717, 1.165) is 9.75 Å². The topological polar surface area (TPSA) is 101 Å². The van der Waals surface area contributed by atoms with Gasteiger partial charge >= 0.3 is 0 Å². The highest BCUT2D eigenvalue weighted by molar-refractivity contribution is 7.89. The Morgan fingerprint density at radius 1 is 1.42 bits per heavy atom. The fourth-order valence-corrected chi connectivity index (χ4v) is 4.08. The van der Waals surface area contributed by atoms with E-state index < -0.39 is 10.0 Å². The quantitative estimate of drug-likeness (QED) is 0.767. The van der Waals surface area contributed by atoms with Crippen molar-refractivity contribution in [1.82, 2.24) is 14.9 Å². The van der Waals surface area contributed by atoms with Crippen LogP contribution < -0.4 is 10.5 Å². The molecule has 0 aliphatic heterocycles. The van der Waals surface area contributed by atoms with Gasteiger partial charge in [-0.3, -0.25) is 5.10 Å². The Bertz CT molecular complexity index is 673. The molecule has 2 aromatic heterocycles. The normalized spacial score (nSPS) is 11.9. The number of thiophene rings is 1. The van der Waals surface area contributed by atoms with Gasteiger partial charge < -0.3 is 5.73 Å². The molecule has 0 aliphatic carbocycles. The third-order valence-electron chi connectivity index (χ3n) is 2.66. The van der Waals surface area contributed by atoms with E-state index >= 15 is 0 Å². The lowest BCUT2D eigenvalue weighted by Crippen LogP contribution is -2.24. The number of nitrogens with two attached hydrogens (primary N) is 1. The Morgan fingerprint density at radius 2 is 2.16 bits per heavy atom. The van der Waals surface area contributed by atoms with Gasteiger partial charge in [-0.1, -0.05) is 0 Å². The average Bonchev–Trinajstić information content (AvgIpc) is 2.93. The maximum Gasteiger partial charge on any atom is 0.244 e. The second-order valence-electron chi connectivity index (χ2n) is 4.17. The summed E-state index contributed by atoms with van der Waals surface area (Å²) in [6.45, 7) is 4.00. The van der Waals surface area contributed by atoms with Crippen LogP contribution in [0.5, 0.6) is 0 Å². The Kier molecular flexibility index (Phi) is 4.04. The van der Waals surface area contributed by atoms with E-state index in [2.05, 4.69) is 14.9 Å². The minimum Gasteiger partial charge on any atom is -0.325 e. The molecule has 0 fully saturated rings. The zero-order chi connectivity index (χ0) is 14.0. The molecule has 0 atom stereocenters. The zero-order valence-electron chi connectivity index (χ0n) is 10.7. The summed E-state index contributed by atoms with van der Waals surface area (Å²) < 4.78 is 27.1. The summed E-state index contributed by atoms with van der Waals surface area (Å²) in [6, 6.07) is 3.87. The number of aromatic amines is 1. The molecular weight excluding hydrogens is 284 g/mol.